The van der Waals surface area contributed by atoms with Crippen LogP contribution in [0.25, 0.3) is 0 Å². The lowest BCUT2D eigenvalue weighted by Gasteiger charge is -2.05. The van der Waals surface area contributed by atoms with Crippen LogP contribution >= 0.6 is 0 Å². The predicted molar refractivity (Wildman–Crippen MR) is 65.5 cm³/mol. The second-order valence-electron chi connectivity index (χ2n) is 3.81. The number of hydrogen-bond donors (Lipinski definition) is 0. The third-order valence-corrected chi connectivity index (χ3v) is 2.46. The zero-order valence-electron chi connectivity index (χ0n) is 9.53. The zero-order chi connectivity index (χ0) is 11.9. The average Bonchev–Trinajstić information content (AvgIpc) is 2.36. The van der Waals surface area contributed by atoms with Crippen LogP contribution in [0.2, 0.25) is 0 Å². The van der Waals surface area contributed by atoms with Crippen LogP contribution in [0, 0.1) is 11.9 Å². The lowest BCUT2D eigenvalue weighted by atomic mass is 10.1. The molecule has 0 aromatic heterocycles. The van der Waals surface area contributed by atoms with Gasteiger partial charge < -0.3 is 4.74 Å². The highest BCUT2D eigenvalue weighted by atomic mass is 19.1. The smallest absolute Gasteiger partial charge is 0.134 e. The van der Waals surface area contributed by atoms with Gasteiger partial charge in [-0.15, -0.1) is 0 Å². The third kappa shape index (κ3) is 3.91. The van der Waals surface area contributed by atoms with Crippen LogP contribution in [0.5, 0.6) is 5.75 Å². The maximum atomic E-state index is 12.8. The molecule has 0 heterocycles. The van der Waals surface area contributed by atoms with Crippen LogP contribution in [0.4, 0.5) is 4.39 Å². The van der Waals surface area contributed by atoms with Crippen LogP contribution in [-0.4, -0.2) is 6.61 Å². The van der Waals surface area contributed by atoms with Gasteiger partial charge >= 0.3 is 0 Å². The van der Waals surface area contributed by atoms with E-state index in [1.807, 2.05) is 18.2 Å². The van der Waals surface area contributed by atoms with Crippen molar-refractivity contribution in [2.24, 2.45) is 0 Å². The van der Waals surface area contributed by atoms with Crippen molar-refractivity contribution in [3.63, 3.8) is 0 Å². The molecule has 0 saturated heterocycles. The molecule has 0 aliphatic heterocycles. The van der Waals surface area contributed by atoms with Crippen molar-refractivity contribution in [1.29, 1.82) is 0 Å². The molecular weight excluding hydrogens is 215 g/mol. The van der Waals surface area contributed by atoms with Gasteiger partial charge in [-0.05, 0) is 30.5 Å². The lowest BCUT2D eigenvalue weighted by molar-refractivity contribution is 0.309. The Hall–Kier alpha value is -1.83. The Labute approximate surface area is 101 Å². The summed E-state index contributed by atoms with van der Waals surface area (Å²) in [6, 6.07) is 17.3. The van der Waals surface area contributed by atoms with E-state index in [1.165, 1.54) is 17.7 Å². The Morgan fingerprint density at radius 1 is 1.12 bits per heavy atom. The summed E-state index contributed by atoms with van der Waals surface area (Å²) in [4.78, 5) is 0. The van der Waals surface area contributed by atoms with Crippen molar-refractivity contribution in [3.8, 4) is 5.75 Å². The SMILES string of the molecule is Fc1[c]ccc(OCCCc2ccccc2)c1. The molecule has 17 heavy (non-hydrogen) atoms. The van der Waals surface area contributed by atoms with Gasteiger partial charge in [-0.1, -0.05) is 30.3 Å². The van der Waals surface area contributed by atoms with Crippen molar-refractivity contribution in [3.05, 3.63) is 66.0 Å². The van der Waals surface area contributed by atoms with Gasteiger partial charge in [0.2, 0.25) is 0 Å². The minimum absolute atomic E-state index is 0.384. The summed E-state index contributed by atoms with van der Waals surface area (Å²) in [5, 5.41) is 0. The summed E-state index contributed by atoms with van der Waals surface area (Å²) in [5.41, 5.74) is 1.30. The molecule has 87 valence electrons. The molecule has 0 N–H and O–H groups in total. The summed E-state index contributed by atoms with van der Waals surface area (Å²) in [6.45, 7) is 0.596. The molecule has 0 aliphatic carbocycles. The number of hydrogen-bond acceptors (Lipinski definition) is 1. The van der Waals surface area contributed by atoms with E-state index in [9.17, 15) is 4.39 Å². The van der Waals surface area contributed by atoms with E-state index in [0.717, 1.165) is 12.8 Å². The fourth-order valence-corrected chi connectivity index (χ4v) is 1.62. The molecule has 2 aromatic rings. The van der Waals surface area contributed by atoms with Gasteiger partial charge in [-0.25, -0.2) is 4.39 Å². The molecular formula is C15H14FO. The highest BCUT2D eigenvalue weighted by molar-refractivity contribution is 5.21. The van der Waals surface area contributed by atoms with E-state index in [-0.39, 0.29) is 5.82 Å². The van der Waals surface area contributed by atoms with Gasteiger partial charge in [0.15, 0.2) is 0 Å². The fraction of sp³-hybridized carbons (Fsp3) is 0.200. The monoisotopic (exact) mass is 229 g/mol. The molecule has 0 spiro atoms. The number of benzene rings is 2. The van der Waals surface area contributed by atoms with E-state index < -0.39 is 0 Å². The molecule has 0 saturated carbocycles. The average molecular weight is 229 g/mol. The molecule has 2 rings (SSSR count). The van der Waals surface area contributed by atoms with Crippen LogP contribution in [0.3, 0.4) is 0 Å². The highest BCUT2D eigenvalue weighted by Gasteiger charge is 1.96. The quantitative estimate of drug-likeness (QED) is 0.711. The predicted octanol–water partition coefficient (Wildman–Crippen LogP) is 3.64. The number of aryl methyl sites for hydroxylation is 1. The van der Waals surface area contributed by atoms with Gasteiger partial charge in [0.05, 0.1) is 6.61 Å². The first-order valence-electron chi connectivity index (χ1n) is 5.68. The zero-order valence-corrected chi connectivity index (χ0v) is 9.53. The molecule has 0 bridgehead atoms. The topological polar surface area (TPSA) is 9.23 Å². The van der Waals surface area contributed by atoms with Gasteiger partial charge in [-0.2, -0.15) is 0 Å². The second-order valence-corrected chi connectivity index (χ2v) is 3.81. The second kappa shape index (κ2) is 6.04. The van der Waals surface area contributed by atoms with Gasteiger partial charge in [0.1, 0.15) is 11.6 Å². The summed E-state index contributed by atoms with van der Waals surface area (Å²) < 4.78 is 18.3. The Morgan fingerprint density at radius 3 is 2.71 bits per heavy atom. The molecule has 0 atom stereocenters. The van der Waals surface area contributed by atoms with Crippen molar-refractivity contribution >= 4 is 0 Å². The summed E-state index contributed by atoms with van der Waals surface area (Å²) >= 11 is 0. The number of ether oxygens (including phenoxy) is 1. The summed E-state index contributed by atoms with van der Waals surface area (Å²) in [5.74, 6) is 0.180. The Morgan fingerprint density at radius 2 is 1.94 bits per heavy atom. The van der Waals surface area contributed by atoms with Crippen molar-refractivity contribution in [2.75, 3.05) is 6.61 Å². The van der Waals surface area contributed by atoms with Crippen molar-refractivity contribution in [2.45, 2.75) is 12.8 Å². The maximum Gasteiger partial charge on any atom is 0.134 e. The standard InChI is InChI=1S/C15H14FO/c16-14-9-4-10-15(12-14)17-11-5-8-13-6-2-1-3-7-13/h1-4,6-7,10,12H,5,8,11H2. The molecule has 2 heteroatoms. The minimum Gasteiger partial charge on any atom is -0.493 e. The molecule has 1 radical (unpaired) electrons. The summed E-state index contributed by atoms with van der Waals surface area (Å²) in [7, 11) is 0. The fourth-order valence-electron chi connectivity index (χ4n) is 1.62. The largest absolute Gasteiger partial charge is 0.493 e. The van der Waals surface area contributed by atoms with Gasteiger partial charge in [0, 0.05) is 12.1 Å². The first kappa shape index (κ1) is 11.6. The maximum absolute atomic E-state index is 12.8. The molecule has 0 aliphatic rings. The molecule has 2 aromatic carbocycles. The number of halogens is 1. The highest BCUT2D eigenvalue weighted by Crippen LogP contribution is 2.12. The Balaban J connectivity index is 1.73. The lowest BCUT2D eigenvalue weighted by Crippen LogP contribution is -1.99. The van der Waals surface area contributed by atoms with E-state index in [4.69, 9.17) is 4.74 Å². The van der Waals surface area contributed by atoms with Crippen LogP contribution in [0.1, 0.15) is 12.0 Å². The Kier molecular flexibility index (Phi) is 4.14. The summed E-state index contributed by atoms with van der Waals surface area (Å²) in [6.07, 6.45) is 1.90. The van der Waals surface area contributed by atoms with Crippen molar-refractivity contribution < 1.29 is 9.13 Å². The molecule has 0 unspecified atom stereocenters. The van der Waals surface area contributed by atoms with E-state index >= 15 is 0 Å². The van der Waals surface area contributed by atoms with E-state index in [1.54, 1.807) is 6.07 Å². The third-order valence-electron chi connectivity index (χ3n) is 2.46. The van der Waals surface area contributed by atoms with Crippen LogP contribution in [-0.2, 0) is 6.42 Å². The minimum atomic E-state index is -0.384. The normalized spacial score (nSPS) is 10.2. The number of rotatable bonds is 5. The van der Waals surface area contributed by atoms with E-state index in [0.29, 0.717) is 12.4 Å². The Bertz CT molecular complexity index is 453. The van der Waals surface area contributed by atoms with Crippen molar-refractivity contribution in [1.82, 2.24) is 0 Å². The molecule has 0 amide bonds. The van der Waals surface area contributed by atoms with E-state index in [2.05, 4.69) is 18.2 Å². The first-order valence-corrected chi connectivity index (χ1v) is 5.68. The molecule has 0 fully saturated rings. The first-order chi connectivity index (χ1) is 8.34. The van der Waals surface area contributed by atoms with Crippen LogP contribution in [0.15, 0.2) is 48.5 Å². The van der Waals surface area contributed by atoms with Gasteiger partial charge in [0.25, 0.3) is 0 Å². The molecule has 1 nitrogen and oxygen atoms in total. The van der Waals surface area contributed by atoms with Crippen LogP contribution < -0.4 is 4.74 Å². The van der Waals surface area contributed by atoms with Gasteiger partial charge in [-0.3, -0.25) is 0 Å².